The summed E-state index contributed by atoms with van der Waals surface area (Å²) in [4.78, 5) is 12.2. The second-order valence-corrected chi connectivity index (χ2v) is 4.78. The fourth-order valence-electron chi connectivity index (χ4n) is 1.41. The van der Waals surface area contributed by atoms with Crippen molar-refractivity contribution in [1.82, 2.24) is 5.32 Å². The highest BCUT2D eigenvalue weighted by Gasteiger charge is 2.10. The van der Waals surface area contributed by atoms with Crippen LogP contribution < -0.4 is 11.1 Å². The van der Waals surface area contributed by atoms with E-state index < -0.39 is 0 Å². The minimum absolute atomic E-state index is 0.0121. The molecule has 6 heteroatoms. The van der Waals surface area contributed by atoms with Crippen LogP contribution in [0.3, 0.4) is 0 Å². The Balaban J connectivity index is 2.41. The summed E-state index contributed by atoms with van der Waals surface area (Å²) in [5, 5.41) is 12.3. The summed E-state index contributed by atoms with van der Waals surface area (Å²) in [6.07, 6.45) is 2.31. The lowest BCUT2D eigenvalue weighted by molar-refractivity contribution is 0.0953. The van der Waals surface area contributed by atoms with Gasteiger partial charge >= 0.3 is 0 Å². The van der Waals surface area contributed by atoms with Gasteiger partial charge < -0.3 is 16.2 Å². The quantitative estimate of drug-likeness (QED) is 0.554. The van der Waals surface area contributed by atoms with E-state index in [0.717, 1.165) is 12.8 Å². The Bertz CT molecular complexity index is 452. The van der Waals surface area contributed by atoms with Crippen molar-refractivity contribution in [3.8, 4) is 5.75 Å². The van der Waals surface area contributed by atoms with Gasteiger partial charge in [0.05, 0.1) is 15.6 Å². The van der Waals surface area contributed by atoms with Crippen molar-refractivity contribution in [3.63, 3.8) is 0 Å². The lowest BCUT2D eigenvalue weighted by atomic mass is 10.2. The van der Waals surface area contributed by atoms with Crippen LogP contribution in [0.2, 0.25) is 5.02 Å². The molecule has 0 saturated heterocycles. The van der Waals surface area contributed by atoms with Crippen LogP contribution in [0.5, 0.6) is 5.75 Å². The highest BCUT2D eigenvalue weighted by Crippen LogP contribution is 2.20. The minimum atomic E-state index is -0.300. The van der Waals surface area contributed by atoms with E-state index in [-0.39, 0.29) is 17.2 Å². The van der Waals surface area contributed by atoms with Gasteiger partial charge in [0, 0.05) is 6.54 Å². The number of phenols is 1. The highest BCUT2D eigenvalue weighted by molar-refractivity contribution is 7.80. The SMILES string of the molecule is NC(=S)CCCCNC(=O)c1cc(O)ccc1Cl. The molecule has 0 heterocycles. The average molecular weight is 287 g/mol. The first-order valence-electron chi connectivity index (χ1n) is 5.55. The van der Waals surface area contributed by atoms with E-state index in [1.165, 1.54) is 18.2 Å². The highest BCUT2D eigenvalue weighted by atomic mass is 35.5. The van der Waals surface area contributed by atoms with E-state index in [1.807, 2.05) is 0 Å². The molecule has 0 radical (unpaired) electrons. The van der Waals surface area contributed by atoms with Crippen LogP contribution in [0, 0.1) is 0 Å². The van der Waals surface area contributed by atoms with Crippen molar-refractivity contribution in [1.29, 1.82) is 0 Å². The van der Waals surface area contributed by atoms with Crippen molar-refractivity contribution >= 4 is 34.7 Å². The Kier molecular flexibility index (Phi) is 5.88. The molecular formula is C12H15ClN2O2S. The van der Waals surface area contributed by atoms with Crippen molar-refractivity contribution in [2.45, 2.75) is 19.3 Å². The molecule has 0 unspecified atom stereocenters. The molecule has 1 aromatic rings. The molecule has 0 aliphatic carbocycles. The van der Waals surface area contributed by atoms with E-state index in [0.29, 0.717) is 23.0 Å². The Morgan fingerprint density at radius 2 is 2.17 bits per heavy atom. The minimum Gasteiger partial charge on any atom is -0.508 e. The Morgan fingerprint density at radius 3 is 2.83 bits per heavy atom. The summed E-state index contributed by atoms with van der Waals surface area (Å²) in [5.41, 5.74) is 5.63. The Labute approximate surface area is 116 Å². The molecule has 18 heavy (non-hydrogen) atoms. The third-order valence-corrected chi connectivity index (χ3v) is 2.86. The molecule has 1 amide bonds. The lowest BCUT2D eigenvalue weighted by Gasteiger charge is -2.07. The second kappa shape index (κ2) is 7.18. The zero-order valence-corrected chi connectivity index (χ0v) is 11.4. The number of carbonyl (C=O) groups excluding carboxylic acids is 1. The van der Waals surface area contributed by atoms with Crippen molar-refractivity contribution in [2.24, 2.45) is 5.73 Å². The van der Waals surface area contributed by atoms with E-state index >= 15 is 0 Å². The number of hydrogen-bond donors (Lipinski definition) is 3. The molecule has 0 bridgehead atoms. The first-order valence-corrected chi connectivity index (χ1v) is 6.34. The number of rotatable bonds is 6. The molecule has 0 atom stereocenters. The summed E-state index contributed by atoms with van der Waals surface area (Å²) >= 11 is 10.6. The molecule has 0 fully saturated rings. The monoisotopic (exact) mass is 286 g/mol. The van der Waals surface area contributed by atoms with Crippen molar-refractivity contribution in [3.05, 3.63) is 28.8 Å². The fraction of sp³-hybridized carbons (Fsp3) is 0.333. The standard InChI is InChI=1S/C12H15ClN2O2S/c13-10-5-4-8(16)7-9(10)12(17)15-6-2-1-3-11(14)18/h4-5,7,16H,1-3,6H2,(H2,14,18)(H,15,17). The maximum absolute atomic E-state index is 11.8. The maximum atomic E-state index is 11.8. The number of halogens is 1. The largest absolute Gasteiger partial charge is 0.508 e. The predicted octanol–water partition coefficient (Wildman–Crippen LogP) is 2.23. The van der Waals surface area contributed by atoms with Gasteiger partial charge in [-0.1, -0.05) is 23.8 Å². The van der Waals surface area contributed by atoms with Crippen LogP contribution in [0.4, 0.5) is 0 Å². The van der Waals surface area contributed by atoms with Gasteiger partial charge in [-0.2, -0.15) is 0 Å². The topological polar surface area (TPSA) is 75.3 Å². The Hall–Kier alpha value is -1.33. The van der Waals surface area contributed by atoms with E-state index in [4.69, 9.17) is 29.6 Å². The van der Waals surface area contributed by atoms with E-state index in [1.54, 1.807) is 0 Å². The van der Waals surface area contributed by atoms with Crippen LogP contribution in [-0.4, -0.2) is 22.5 Å². The molecule has 0 aliphatic heterocycles. The third kappa shape index (κ3) is 4.89. The molecule has 98 valence electrons. The van der Waals surface area contributed by atoms with Gasteiger partial charge in [-0.3, -0.25) is 4.79 Å². The van der Waals surface area contributed by atoms with Crippen molar-refractivity contribution < 1.29 is 9.90 Å². The second-order valence-electron chi connectivity index (χ2n) is 3.84. The molecule has 0 aliphatic rings. The number of thiocarbonyl (C=S) groups is 1. The summed E-state index contributed by atoms with van der Waals surface area (Å²) in [7, 11) is 0. The molecule has 0 aromatic heterocycles. The average Bonchev–Trinajstić information content (AvgIpc) is 2.31. The number of unbranched alkanes of at least 4 members (excludes halogenated alkanes) is 1. The molecule has 0 saturated carbocycles. The number of benzene rings is 1. The number of carbonyl (C=O) groups is 1. The first-order chi connectivity index (χ1) is 8.50. The predicted molar refractivity (Wildman–Crippen MR) is 76.1 cm³/mol. The zero-order valence-electron chi connectivity index (χ0n) is 9.78. The molecule has 1 aromatic carbocycles. The van der Waals surface area contributed by atoms with Crippen LogP contribution in [-0.2, 0) is 0 Å². The zero-order chi connectivity index (χ0) is 13.5. The van der Waals surface area contributed by atoms with Crippen LogP contribution >= 0.6 is 23.8 Å². The number of nitrogens with two attached hydrogens (primary N) is 1. The van der Waals surface area contributed by atoms with Gasteiger partial charge in [-0.05, 0) is 37.5 Å². The summed E-state index contributed by atoms with van der Waals surface area (Å²) < 4.78 is 0. The van der Waals surface area contributed by atoms with E-state index in [9.17, 15) is 9.90 Å². The Morgan fingerprint density at radius 1 is 1.44 bits per heavy atom. The molecule has 1 rings (SSSR count). The molecule has 4 N–H and O–H groups in total. The van der Waals surface area contributed by atoms with E-state index in [2.05, 4.69) is 5.32 Å². The summed E-state index contributed by atoms with van der Waals surface area (Å²) in [6.45, 7) is 0.521. The van der Waals surface area contributed by atoms with Gasteiger partial charge in [0.25, 0.3) is 5.91 Å². The maximum Gasteiger partial charge on any atom is 0.252 e. The van der Waals surface area contributed by atoms with Crippen LogP contribution in [0.25, 0.3) is 0 Å². The number of hydrogen-bond acceptors (Lipinski definition) is 3. The van der Waals surface area contributed by atoms with Gasteiger partial charge in [0.1, 0.15) is 5.75 Å². The van der Waals surface area contributed by atoms with Crippen LogP contribution in [0.15, 0.2) is 18.2 Å². The molecular weight excluding hydrogens is 272 g/mol. The fourth-order valence-corrected chi connectivity index (χ4v) is 1.76. The van der Waals surface area contributed by atoms with Crippen molar-refractivity contribution in [2.75, 3.05) is 6.54 Å². The first kappa shape index (κ1) is 14.7. The smallest absolute Gasteiger partial charge is 0.252 e. The van der Waals surface area contributed by atoms with Gasteiger partial charge in [-0.15, -0.1) is 0 Å². The molecule has 4 nitrogen and oxygen atoms in total. The molecule has 0 spiro atoms. The number of aromatic hydroxyl groups is 1. The van der Waals surface area contributed by atoms with Gasteiger partial charge in [-0.25, -0.2) is 0 Å². The number of nitrogens with one attached hydrogen (secondary N) is 1. The third-order valence-electron chi connectivity index (χ3n) is 2.33. The normalized spacial score (nSPS) is 10.1. The summed E-state index contributed by atoms with van der Waals surface area (Å²) in [6, 6.07) is 4.26. The van der Waals surface area contributed by atoms with Gasteiger partial charge in [0.15, 0.2) is 0 Å². The lowest BCUT2D eigenvalue weighted by Crippen LogP contribution is -2.24. The van der Waals surface area contributed by atoms with Gasteiger partial charge in [0.2, 0.25) is 0 Å². The summed E-state index contributed by atoms with van der Waals surface area (Å²) in [5.74, 6) is -0.288. The van der Waals surface area contributed by atoms with Crippen LogP contribution in [0.1, 0.15) is 29.6 Å². The number of phenolic OH excluding ortho intramolecular Hbond substituents is 1. The number of amides is 1.